The number of piperidine rings is 1. The highest BCUT2D eigenvalue weighted by molar-refractivity contribution is 8.00. The van der Waals surface area contributed by atoms with Crippen molar-refractivity contribution in [2.45, 2.75) is 48.4 Å². The van der Waals surface area contributed by atoms with Crippen LogP contribution in [0.3, 0.4) is 0 Å². The van der Waals surface area contributed by atoms with Gasteiger partial charge in [0.05, 0.1) is 36.8 Å². The standard InChI is InChI=1S/C34H34ClN3O6S2/c1-43-22-11-6-17(14-23(22)44-2)25-26-20-15-21(28-27(20)31(40)38(32(28)41)19-9-7-18(35)8-10-19)29(26)45-33-30(25)46-34(42)37(33)16-24(39)36-12-4-3-5-13-36/h6-11,14,20-21,25-29H,3-5,12-13,15-16H2,1-2H3. The number of thiazole rings is 1. The summed E-state index contributed by atoms with van der Waals surface area (Å²) in [6, 6.07) is 12.7. The molecule has 3 aromatic rings. The van der Waals surface area contributed by atoms with Gasteiger partial charge in [0.15, 0.2) is 11.5 Å². The quantitative estimate of drug-likeness (QED) is 0.328. The van der Waals surface area contributed by atoms with Gasteiger partial charge in [-0.3, -0.25) is 28.6 Å². The van der Waals surface area contributed by atoms with E-state index in [-0.39, 0.29) is 58.1 Å². The maximum atomic E-state index is 14.1. The Balaban J connectivity index is 1.21. The number of thioether (sulfide) groups is 1. The Morgan fingerprint density at radius 3 is 2.30 bits per heavy atom. The number of fused-ring (bicyclic) bond motifs is 9. The Kier molecular flexibility index (Phi) is 7.49. The van der Waals surface area contributed by atoms with E-state index in [0.29, 0.717) is 22.2 Å². The van der Waals surface area contributed by atoms with E-state index in [1.165, 1.54) is 16.2 Å². The van der Waals surface area contributed by atoms with Crippen LogP contribution >= 0.6 is 34.7 Å². The van der Waals surface area contributed by atoms with Crippen LogP contribution in [-0.2, 0) is 20.9 Å². The summed E-state index contributed by atoms with van der Waals surface area (Å²) in [5.41, 5.74) is 1.52. The Morgan fingerprint density at radius 1 is 0.913 bits per heavy atom. The van der Waals surface area contributed by atoms with E-state index in [9.17, 15) is 19.2 Å². The number of likely N-dealkylation sites (tertiary alicyclic amines) is 1. The lowest BCUT2D eigenvalue weighted by atomic mass is 9.68. The first-order valence-electron chi connectivity index (χ1n) is 15.8. The number of amides is 3. The second kappa shape index (κ2) is 11.5. The number of rotatable bonds is 6. The molecule has 12 heteroatoms. The van der Waals surface area contributed by atoms with Crippen molar-refractivity contribution in [3.63, 3.8) is 0 Å². The molecule has 4 fully saturated rings. The fraction of sp³-hybridized carbons (Fsp3) is 0.471. The van der Waals surface area contributed by atoms with Crippen molar-refractivity contribution in [1.29, 1.82) is 0 Å². The van der Waals surface area contributed by atoms with Crippen molar-refractivity contribution in [2.24, 2.45) is 29.6 Å². The van der Waals surface area contributed by atoms with Gasteiger partial charge in [-0.1, -0.05) is 29.0 Å². The number of ether oxygens (including phenoxy) is 2. The summed E-state index contributed by atoms with van der Waals surface area (Å²) in [5.74, 6) is -0.216. The molecule has 7 atom stereocenters. The Bertz CT molecular complexity index is 1800. The molecule has 2 bridgehead atoms. The maximum absolute atomic E-state index is 14.1. The molecule has 7 unspecified atom stereocenters. The average molecular weight is 680 g/mol. The van der Waals surface area contributed by atoms with Gasteiger partial charge in [0, 0.05) is 34.2 Å². The molecule has 3 amide bonds. The molecule has 1 aromatic heterocycles. The molecule has 2 saturated carbocycles. The summed E-state index contributed by atoms with van der Waals surface area (Å²) in [4.78, 5) is 59.2. The van der Waals surface area contributed by atoms with Crippen LogP contribution in [0.4, 0.5) is 5.69 Å². The molecule has 5 aliphatic rings. The average Bonchev–Trinajstić information content (AvgIpc) is 3.80. The molecule has 3 aliphatic heterocycles. The number of hydrogen-bond acceptors (Lipinski definition) is 8. The lowest BCUT2D eigenvalue weighted by molar-refractivity contribution is -0.133. The highest BCUT2D eigenvalue weighted by atomic mass is 35.5. The van der Waals surface area contributed by atoms with E-state index in [4.69, 9.17) is 21.1 Å². The normalized spacial score (nSPS) is 29.5. The first kappa shape index (κ1) is 30.1. The van der Waals surface area contributed by atoms with Crippen LogP contribution in [0.25, 0.3) is 0 Å². The van der Waals surface area contributed by atoms with Crippen LogP contribution in [-0.4, -0.2) is 59.7 Å². The van der Waals surface area contributed by atoms with Crippen LogP contribution in [0, 0.1) is 29.6 Å². The number of nitrogens with zero attached hydrogens (tertiary/aromatic N) is 3. The van der Waals surface area contributed by atoms with Gasteiger partial charge in [-0.25, -0.2) is 0 Å². The van der Waals surface area contributed by atoms with Crippen LogP contribution < -0.4 is 19.2 Å². The monoisotopic (exact) mass is 679 g/mol. The van der Waals surface area contributed by atoms with Gasteiger partial charge >= 0.3 is 4.87 Å². The van der Waals surface area contributed by atoms with E-state index in [0.717, 1.165) is 54.2 Å². The molecule has 4 heterocycles. The third-order valence-electron chi connectivity index (χ3n) is 10.8. The number of anilines is 1. The summed E-state index contributed by atoms with van der Waals surface area (Å²) in [6.07, 6.45) is 3.85. The van der Waals surface area contributed by atoms with Crippen molar-refractivity contribution in [1.82, 2.24) is 9.47 Å². The van der Waals surface area contributed by atoms with Gasteiger partial charge in [-0.05, 0) is 85.4 Å². The lowest BCUT2D eigenvalue weighted by Crippen LogP contribution is -2.43. The number of benzene rings is 2. The first-order chi connectivity index (χ1) is 22.3. The van der Waals surface area contributed by atoms with Gasteiger partial charge in [0.2, 0.25) is 17.7 Å². The van der Waals surface area contributed by atoms with E-state index in [1.807, 2.05) is 23.1 Å². The molecular formula is C34H34ClN3O6S2. The molecule has 0 radical (unpaired) electrons. The van der Waals surface area contributed by atoms with Crippen molar-refractivity contribution in [2.75, 3.05) is 32.2 Å². The number of halogens is 1. The number of imide groups is 1. The van der Waals surface area contributed by atoms with Gasteiger partial charge < -0.3 is 14.4 Å². The van der Waals surface area contributed by atoms with Gasteiger partial charge in [-0.15, -0.1) is 11.8 Å². The molecule has 0 N–H and O–H groups in total. The molecule has 240 valence electrons. The van der Waals surface area contributed by atoms with Gasteiger partial charge in [0.25, 0.3) is 0 Å². The summed E-state index contributed by atoms with van der Waals surface area (Å²) >= 11 is 8.96. The number of carbonyl (C=O) groups is 3. The smallest absolute Gasteiger partial charge is 0.308 e. The van der Waals surface area contributed by atoms with E-state index in [1.54, 1.807) is 54.8 Å². The van der Waals surface area contributed by atoms with Crippen molar-refractivity contribution in [3.05, 3.63) is 67.6 Å². The van der Waals surface area contributed by atoms with E-state index in [2.05, 4.69) is 0 Å². The minimum absolute atomic E-state index is 0.00380. The van der Waals surface area contributed by atoms with Gasteiger partial charge in [-0.2, -0.15) is 0 Å². The summed E-state index contributed by atoms with van der Waals surface area (Å²) in [7, 11) is 3.20. The van der Waals surface area contributed by atoms with Crippen molar-refractivity contribution >= 4 is 58.1 Å². The van der Waals surface area contributed by atoms with E-state index < -0.39 is 11.8 Å². The number of hydrogen-bond donors (Lipinski definition) is 0. The summed E-state index contributed by atoms with van der Waals surface area (Å²) in [5, 5.41) is 1.36. The zero-order chi connectivity index (χ0) is 31.9. The second-order valence-electron chi connectivity index (χ2n) is 12.9. The molecule has 8 rings (SSSR count). The fourth-order valence-corrected chi connectivity index (χ4v) is 12.2. The zero-order valence-corrected chi connectivity index (χ0v) is 27.9. The minimum Gasteiger partial charge on any atom is -0.493 e. The highest BCUT2D eigenvalue weighted by Crippen LogP contribution is 2.69. The lowest BCUT2D eigenvalue weighted by Gasteiger charge is -2.43. The molecule has 0 spiro atoms. The molecule has 2 aliphatic carbocycles. The second-order valence-corrected chi connectivity index (χ2v) is 15.5. The number of carbonyl (C=O) groups excluding carboxylic acids is 3. The van der Waals surface area contributed by atoms with Crippen LogP contribution in [0.15, 0.2) is 52.3 Å². The highest BCUT2D eigenvalue weighted by Gasteiger charge is 2.70. The molecule has 46 heavy (non-hydrogen) atoms. The van der Waals surface area contributed by atoms with Crippen LogP contribution in [0.1, 0.15) is 42.0 Å². The molecular weight excluding hydrogens is 646 g/mol. The predicted molar refractivity (Wildman–Crippen MR) is 176 cm³/mol. The number of aromatic nitrogens is 1. The van der Waals surface area contributed by atoms with Crippen molar-refractivity contribution in [3.8, 4) is 11.5 Å². The fourth-order valence-electron chi connectivity index (χ4n) is 8.90. The molecule has 2 aromatic carbocycles. The number of methoxy groups -OCH3 is 2. The molecule has 2 saturated heterocycles. The topological polar surface area (TPSA) is 98.1 Å². The Morgan fingerprint density at radius 2 is 1.61 bits per heavy atom. The maximum Gasteiger partial charge on any atom is 0.308 e. The molecule has 9 nitrogen and oxygen atoms in total. The first-order valence-corrected chi connectivity index (χ1v) is 17.9. The van der Waals surface area contributed by atoms with Crippen LogP contribution in [0.5, 0.6) is 11.5 Å². The Hall–Kier alpha value is -3.28. The third-order valence-corrected chi connectivity index (χ3v) is 13.8. The van der Waals surface area contributed by atoms with Gasteiger partial charge in [0.1, 0.15) is 6.54 Å². The van der Waals surface area contributed by atoms with Crippen LogP contribution in [0.2, 0.25) is 5.02 Å². The predicted octanol–water partition coefficient (Wildman–Crippen LogP) is 5.27. The zero-order valence-electron chi connectivity index (χ0n) is 25.5. The SMILES string of the molecule is COc1ccc(C2c3sc(=O)n(CC(=O)N4CCCCC4)c3SC3C4CC(C5C(=O)N(c6ccc(Cl)cc6)C(=O)C45)C23)cc1OC. The summed E-state index contributed by atoms with van der Waals surface area (Å²) in [6.45, 7) is 1.45. The Labute approximate surface area is 279 Å². The minimum atomic E-state index is -0.418. The van der Waals surface area contributed by atoms with E-state index >= 15 is 0 Å². The summed E-state index contributed by atoms with van der Waals surface area (Å²) < 4.78 is 12.9. The third kappa shape index (κ3) is 4.48. The van der Waals surface area contributed by atoms with Crippen molar-refractivity contribution < 1.29 is 23.9 Å². The largest absolute Gasteiger partial charge is 0.493 e.